The second-order valence-electron chi connectivity index (χ2n) is 4.70. The van der Waals surface area contributed by atoms with E-state index in [-0.39, 0.29) is 10.7 Å². The van der Waals surface area contributed by atoms with Crippen LogP contribution in [0.4, 0.5) is 5.69 Å². The molecular formula is C14H16N2O4S. The van der Waals surface area contributed by atoms with Gasteiger partial charge in [0.2, 0.25) is 10.0 Å². The highest BCUT2D eigenvalue weighted by Crippen LogP contribution is 2.22. The van der Waals surface area contributed by atoms with Crippen molar-refractivity contribution >= 4 is 21.6 Å². The van der Waals surface area contributed by atoms with Gasteiger partial charge in [-0.15, -0.1) is 0 Å². The number of amides is 1. The zero-order valence-corrected chi connectivity index (χ0v) is 12.8. The second-order valence-corrected chi connectivity index (χ2v) is 6.82. The molecule has 0 unspecified atom stereocenters. The third-order valence-corrected chi connectivity index (χ3v) is 4.91. The van der Waals surface area contributed by atoms with Gasteiger partial charge in [0.15, 0.2) is 5.76 Å². The summed E-state index contributed by atoms with van der Waals surface area (Å²) >= 11 is 0. The van der Waals surface area contributed by atoms with Crippen LogP contribution in [0.1, 0.15) is 16.1 Å². The minimum absolute atomic E-state index is 0.157. The molecule has 21 heavy (non-hydrogen) atoms. The first-order valence-electron chi connectivity index (χ1n) is 6.20. The minimum atomic E-state index is -3.56. The molecule has 6 nitrogen and oxygen atoms in total. The van der Waals surface area contributed by atoms with Gasteiger partial charge in [-0.25, -0.2) is 12.7 Å². The lowest BCUT2D eigenvalue weighted by Crippen LogP contribution is -2.23. The van der Waals surface area contributed by atoms with Crippen molar-refractivity contribution in [3.05, 3.63) is 47.9 Å². The molecule has 0 atom stereocenters. The van der Waals surface area contributed by atoms with E-state index in [2.05, 4.69) is 5.32 Å². The number of nitrogens with one attached hydrogen (secondary N) is 1. The third kappa shape index (κ3) is 3.14. The second kappa shape index (κ2) is 5.71. The molecular weight excluding hydrogens is 292 g/mol. The van der Waals surface area contributed by atoms with Gasteiger partial charge in [0.1, 0.15) is 0 Å². The number of carbonyl (C=O) groups is 1. The number of sulfonamides is 1. The van der Waals surface area contributed by atoms with Crippen molar-refractivity contribution in [1.82, 2.24) is 4.31 Å². The Hall–Kier alpha value is -2.12. The van der Waals surface area contributed by atoms with E-state index in [9.17, 15) is 13.2 Å². The molecule has 1 heterocycles. The lowest BCUT2D eigenvalue weighted by molar-refractivity contribution is 0.0996. The number of aryl methyl sites for hydroxylation is 1. The summed E-state index contributed by atoms with van der Waals surface area (Å²) < 4.78 is 30.5. The molecule has 1 N–H and O–H groups in total. The molecule has 1 amide bonds. The maximum atomic E-state index is 12.2. The Labute approximate surface area is 123 Å². The van der Waals surface area contributed by atoms with Crippen LogP contribution < -0.4 is 5.32 Å². The number of hydrogen-bond donors (Lipinski definition) is 1. The molecule has 7 heteroatoms. The van der Waals surface area contributed by atoms with Crippen molar-refractivity contribution in [3.8, 4) is 0 Å². The van der Waals surface area contributed by atoms with Gasteiger partial charge in [-0.3, -0.25) is 4.79 Å². The maximum Gasteiger partial charge on any atom is 0.291 e. The van der Waals surface area contributed by atoms with Gasteiger partial charge in [0.25, 0.3) is 5.91 Å². The molecule has 0 saturated heterocycles. The highest BCUT2D eigenvalue weighted by Gasteiger charge is 2.20. The molecule has 0 radical (unpaired) electrons. The summed E-state index contributed by atoms with van der Waals surface area (Å²) in [5, 5.41) is 2.61. The number of hydrogen-bond acceptors (Lipinski definition) is 4. The molecule has 0 aliphatic heterocycles. The van der Waals surface area contributed by atoms with Crippen molar-refractivity contribution < 1.29 is 17.6 Å². The van der Waals surface area contributed by atoms with E-state index in [1.165, 1.54) is 32.5 Å². The van der Waals surface area contributed by atoms with Gasteiger partial charge < -0.3 is 9.73 Å². The highest BCUT2D eigenvalue weighted by atomic mass is 32.2. The fourth-order valence-electron chi connectivity index (χ4n) is 1.75. The summed E-state index contributed by atoms with van der Waals surface area (Å²) in [5.41, 5.74) is 1.00. The average Bonchev–Trinajstić information content (AvgIpc) is 2.94. The zero-order chi connectivity index (χ0) is 15.6. The molecule has 2 rings (SSSR count). The predicted octanol–water partition coefficient (Wildman–Crippen LogP) is 2.09. The first-order chi connectivity index (χ1) is 9.82. The molecule has 2 aromatic rings. The predicted molar refractivity (Wildman–Crippen MR) is 78.7 cm³/mol. The summed E-state index contributed by atoms with van der Waals surface area (Å²) in [6.07, 6.45) is 1.39. The van der Waals surface area contributed by atoms with Gasteiger partial charge in [-0.2, -0.15) is 0 Å². The van der Waals surface area contributed by atoms with Crippen molar-refractivity contribution in [2.24, 2.45) is 0 Å². The van der Waals surface area contributed by atoms with Gasteiger partial charge in [0.05, 0.1) is 11.2 Å². The minimum Gasteiger partial charge on any atom is -0.459 e. The fraction of sp³-hybridized carbons (Fsp3) is 0.214. The molecule has 1 aromatic carbocycles. The molecule has 0 fully saturated rings. The number of nitrogens with zero attached hydrogens (tertiary/aromatic N) is 1. The SMILES string of the molecule is Cc1ccc(NC(=O)c2ccco2)cc1S(=O)(=O)N(C)C. The highest BCUT2D eigenvalue weighted by molar-refractivity contribution is 7.89. The van der Waals surface area contributed by atoms with Crippen LogP contribution in [0.2, 0.25) is 0 Å². The maximum absolute atomic E-state index is 12.2. The third-order valence-electron chi connectivity index (χ3n) is 2.95. The number of anilines is 1. The van der Waals surface area contributed by atoms with Crippen LogP contribution in [0.25, 0.3) is 0 Å². The van der Waals surface area contributed by atoms with Crippen LogP contribution in [0.3, 0.4) is 0 Å². The van der Waals surface area contributed by atoms with Crippen LogP contribution >= 0.6 is 0 Å². The van der Waals surface area contributed by atoms with E-state index < -0.39 is 15.9 Å². The molecule has 112 valence electrons. The van der Waals surface area contributed by atoms with Crippen LogP contribution in [-0.4, -0.2) is 32.7 Å². The standard InChI is InChI=1S/C14H16N2O4S/c1-10-6-7-11(9-13(10)21(18,19)16(2)3)15-14(17)12-5-4-8-20-12/h4-9H,1-3H3,(H,15,17). The first kappa shape index (κ1) is 15.3. The Bertz CT molecular complexity index is 749. The molecule has 0 spiro atoms. The van der Waals surface area contributed by atoms with E-state index in [1.807, 2.05) is 0 Å². The van der Waals surface area contributed by atoms with Gasteiger partial charge in [0, 0.05) is 19.8 Å². The van der Waals surface area contributed by atoms with E-state index in [4.69, 9.17) is 4.42 Å². The Morgan fingerprint density at radius 1 is 1.24 bits per heavy atom. The van der Waals surface area contributed by atoms with Crippen molar-refractivity contribution in [2.45, 2.75) is 11.8 Å². The largest absolute Gasteiger partial charge is 0.459 e. The van der Waals surface area contributed by atoms with E-state index >= 15 is 0 Å². The normalized spacial score (nSPS) is 11.6. The molecule has 0 aliphatic carbocycles. The summed E-state index contributed by atoms with van der Waals surface area (Å²) in [6, 6.07) is 7.86. The lowest BCUT2D eigenvalue weighted by atomic mass is 10.2. The topological polar surface area (TPSA) is 79.6 Å². The molecule has 0 aliphatic rings. The fourth-order valence-corrected chi connectivity index (χ4v) is 2.90. The van der Waals surface area contributed by atoms with E-state index in [1.54, 1.807) is 25.1 Å². The Morgan fingerprint density at radius 3 is 2.52 bits per heavy atom. The van der Waals surface area contributed by atoms with Crippen LogP contribution in [-0.2, 0) is 10.0 Å². The molecule has 0 saturated carbocycles. The van der Waals surface area contributed by atoms with Gasteiger partial charge in [-0.1, -0.05) is 6.07 Å². The van der Waals surface area contributed by atoms with Crippen LogP contribution in [0.5, 0.6) is 0 Å². The summed E-state index contributed by atoms with van der Waals surface area (Å²) in [4.78, 5) is 12.0. The van der Waals surface area contributed by atoms with Crippen molar-refractivity contribution in [1.29, 1.82) is 0 Å². The Morgan fingerprint density at radius 2 is 1.95 bits per heavy atom. The number of rotatable bonds is 4. The van der Waals surface area contributed by atoms with Gasteiger partial charge in [-0.05, 0) is 36.8 Å². The Balaban J connectivity index is 2.34. The van der Waals surface area contributed by atoms with Crippen LogP contribution in [0.15, 0.2) is 45.9 Å². The quantitative estimate of drug-likeness (QED) is 0.938. The first-order valence-corrected chi connectivity index (χ1v) is 7.64. The number of benzene rings is 1. The summed E-state index contributed by atoms with van der Waals surface area (Å²) in [6.45, 7) is 1.70. The van der Waals surface area contributed by atoms with E-state index in [0.29, 0.717) is 11.3 Å². The lowest BCUT2D eigenvalue weighted by Gasteiger charge is -2.15. The average molecular weight is 308 g/mol. The van der Waals surface area contributed by atoms with Crippen molar-refractivity contribution in [2.75, 3.05) is 19.4 Å². The zero-order valence-electron chi connectivity index (χ0n) is 12.0. The number of furan rings is 1. The van der Waals surface area contributed by atoms with Crippen molar-refractivity contribution in [3.63, 3.8) is 0 Å². The van der Waals surface area contributed by atoms with Gasteiger partial charge >= 0.3 is 0 Å². The van der Waals surface area contributed by atoms with E-state index in [0.717, 1.165) is 4.31 Å². The van der Waals surface area contributed by atoms with Crippen LogP contribution in [0, 0.1) is 6.92 Å². The molecule has 0 bridgehead atoms. The number of carbonyl (C=O) groups excluding carboxylic acids is 1. The summed E-state index contributed by atoms with van der Waals surface area (Å²) in [5.74, 6) is -0.273. The smallest absolute Gasteiger partial charge is 0.291 e. The molecule has 1 aromatic heterocycles. The monoisotopic (exact) mass is 308 g/mol. The Kier molecular flexibility index (Phi) is 4.15. The summed E-state index contributed by atoms with van der Waals surface area (Å²) in [7, 11) is -0.639.